The van der Waals surface area contributed by atoms with Crippen molar-refractivity contribution < 1.29 is 13.2 Å². The van der Waals surface area contributed by atoms with Crippen LogP contribution in [-0.2, 0) is 23.0 Å². The van der Waals surface area contributed by atoms with E-state index in [9.17, 15) is 13.2 Å². The van der Waals surface area contributed by atoms with Crippen LogP contribution in [-0.4, -0.2) is 44.4 Å². The van der Waals surface area contributed by atoms with Gasteiger partial charge in [-0.25, -0.2) is 13.1 Å². The topological polar surface area (TPSA) is 78.5 Å². The lowest BCUT2D eigenvalue weighted by atomic mass is 10.1. The summed E-state index contributed by atoms with van der Waals surface area (Å²) in [5, 5.41) is 5.13. The molecule has 0 bridgehead atoms. The Balaban J connectivity index is 1.40. The number of sulfonamides is 1. The van der Waals surface area contributed by atoms with Crippen LogP contribution >= 0.6 is 11.3 Å². The zero-order valence-electron chi connectivity index (χ0n) is 16.8. The van der Waals surface area contributed by atoms with Gasteiger partial charge in [0.05, 0.1) is 4.90 Å². The van der Waals surface area contributed by atoms with E-state index in [2.05, 4.69) is 33.3 Å². The Morgan fingerprint density at radius 2 is 2.10 bits per heavy atom. The van der Waals surface area contributed by atoms with E-state index in [4.69, 9.17) is 0 Å². The molecule has 1 aliphatic heterocycles. The van der Waals surface area contributed by atoms with Crippen molar-refractivity contribution in [3.05, 3.63) is 51.2 Å². The zero-order chi connectivity index (χ0) is 20.6. The third kappa shape index (κ3) is 4.71. The van der Waals surface area contributed by atoms with Gasteiger partial charge in [-0.2, -0.15) is 0 Å². The maximum Gasteiger partial charge on any atom is 0.251 e. The first-order valence-corrected chi connectivity index (χ1v) is 12.4. The van der Waals surface area contributed by atoms with Crippen molar-refractivity contribution >= 4 is 27.3 Å². The third-order valence-electron chi connectivity index (χ3n) is 5.68. The van der Waals surface area contributed by atoms with Crippen LogP contribution in [0, 0.1) is 6.92 Å². The summed E-state index contributed by atoms with van der Waals surface area (Å²) in [4.78, 5) is 16.8. The molecule has 0 radical (unpaired) electrons. The monoisotopic (exact) mass is 433 g/mol. The molecule has 2 N–H and O–H groups in total. The summed E-state index contributed by atoms with van der Waals surface area (Å²) in [6.45, 7) is 6.37. The Morgan fingerprint density at radius 3 is 2.86 bits per heavy atom. The molecular weight excluding hydrogens is 406 g/mol. The Morgan fingerprint density at radius 1 is 1.31 bits per heavy atom. The fourth-order valence-electron chi connectivity index (χ4n) is 3.61. The number of carbonyl (C=O) groups is 1. The van der Waals surface area contributed by atoms with Gasteiger partial charge in [-0.05, 0) is 67.8 Å². The molecule has 1 unspecified atom stereocenters. The van der Waals surface area contributed by atoms with E-state index in [0.29, 0.717) is 12.1 Å². The van der Waals surface area contributed by atoms with Crippen LogP contribution in [0.1, 0.15) is 46.1 Å². The number of aryl methyl sites for hydroxylation is 1. The standard InChI is InChI=1S/C21H27N3O3S2/c1-14-3-6-18(29(26,27)23-17-4-5-17)11-19(14)21(25)22-12-15(2)24-9-7-20-16(13-24)8-10-28-20/h3,6,8,10-11,15,17,23H,4-5,7,9,12-13H2,1-2H3,(H,22,25). The predicted octanol–water partition coefficient (Wildman–Crippen LogP) is 2.67. The Hall–Kier alpha value is -1.74. The van der Waals surface area contributed by atoms with Crippen LogP contribution in [0.4, 0.5) is 0 Å². The van der Waals surface area contributed by atoms with Gasteiger partial charge in [-0.1, -0.05) is 6.07 Å². The van der Waals surface area contributed by atoms with Crippen LogP contribution in [0.5, 0.6) is 0 Å². The van der Waals surface area contributed by atoms with E-state index in [1.54, 1.807) is 12.1 Å². The molecule has 1 aromatic carbocycles. The molecule has 1 saturated carbocycles. The highest BCUT2D eigenvalue weighted by Crippen LogP contribution is 2.25. The van der Waals surface area contributed by atoms with E-state index in [-0.39, 0.29) is 22.9 Å². The van der Waals surface area contributed by atoms with Crippen molar-refractivity contribution in [1.82, 2.24) is 14.9 Å². The van der Waals surface area contributed by atoms with E-state index in [1.165, 1.54) is 16.5 Å². The average Bonchev–Trinajstić information content (AvgIpc) is 3.37. The molecule has 6 nitrogen and oxygen atoms in total. The number of fused-ring (bicyclic) bond motifs is 1. The lowest BCUT2D eigenvalue weighted by Gasteiger charge is -2.32. The minimum Gasteiger partial charge on any atom is -0.350 e. The SMILES string of the molecule is Cc1ccc(S(=O)(=O)NC2CC2)cc1C(=O)NCC(C)N1CCc2sccc2C1. The molecule has 2 aliphatic rings. The van der Waals surface area contributed by atoms with Crippen molar-refractivity contribution in [3.63, 3.8) is 0 Å². The number of hydrogen-bond donors (Lipinski definition) is 2. The van der Waals surface area contributed by atoms with Gasteiger partial charge in [0.1, 0.15) is 0 Å². The van der Waals surface area contributed by atoms with Crippen molar-refractivity contribution in [3.8, 4) is 0 Å². The van der Waals surface area contributed by atoms with Gasteiger partial charge in [-0.3, -0.25) is 9.69 Å². The smallest absolute Gasteiger partial charge is 0.251 e. The summed E-state index contributed by atoms with van der Waals surface area (Å²) in [6.07, 6.45) is 2.80. The number of amides is 1. The highest BCUT2D eigenvalue weighted by atomic mass is 32.2. The number of nitrogens with one attached hydrogen (secondary N) is 2. The summed E-state index contributed by atoms with van der Waals surface area (Å²) in [7, 11) is -3.58. The second-order valence-electron chi connectivity index (χ2n) is 8.02. The van der Waals surface area contributed by atoms with E-state index in [1.807, 2.05) is 18.3 Å². The highest BCUT2D eigenvalue weighted by Gasteiger charge is 2.28. The fourth-order valence-corrected chi connectivity index (χ4v) is 5.83. The van der Waals surface area contributed by atoms with Crippen LogP contribution < -0.4 is 10.0 Å². The molecule has 1 fully saturated rings. The normalized spacial score (nSPS) is 18.3. The van der Waals surface area contributed by atoms with Gasteiger partial charge >= 0.3 is 0 Å². The molecule has 1 aliphatic carbocycles. The van der Waals surface area contributed by atoms with Gasteiger partial charge in [-0.15, -0.1) is 11.3 Å². The first kappa shape index (κ1) is 20.5. The van der Waals surface area contributed by atoms with Crippen molar-refractivity contribution in [2.24, 2.45) is 0 Å². The molecule has 2 aromatic rings. The number of carbonyl (C=O) groups excluding carboxylic acids is 1. The Bertz CT molecular complexity index is 1010. The van der Waals surface area contributed by atoms with Crippen molar-refractivity contribution in [2.75, 3.05) is 13.1 Å². The lowest BCUT2D eigenvalue weighted by molar-refractivity contribution is 0.0932. The summed E-state index contributed by atoms with van der Waals surface area (Å²) in [5.74, 6) is -0.231. The second kappa shape index (κ2) is 8.18. The summed E-state index contributed by atoms with van der Waals surface area (Å²) < 4.78 is 27.6. The summed E-state index contributed by atoms with van der Waals surface area (Å²) in [5.41, 5.74) is 2.56. The van der Waals surface area contributed by atoms with E-state index >= 15 is 0 Å². The molecule has 8 heteroatoms. The van der Waals surface area contributed by atoms with Gasteiger partial charge in [0, 0.05) is 42.2 Å². The fraction of sp³-hybridized carbons (Fsp3) is 0.476. The molecule has 1 amide bonds. The highest BCUT2D eigenvalue weighted by molar-refractivity contribution is 7.89. The number of thiophene rings is 1. The average molecular weight is 434 g/mol. The molecule has 1 atom stereocenters. The molecule has 0 spiro atoms. The molecule has 156 valence electrons. The Labute approximate surface area is 176 Å². The molecule has 4 rings (SSSR count). The summed E-state index contributed by atoms with van der Waals surface area (Å²) >= 11 is 1.82. The first-order valence-electron chi connectivity index (χ1n) is 10.0. The van der Waals surface area contributed by atoms with Gasteiger partial charge in [0.15, 0.2) is 0 Å². The molecule has 1 aromatic heterocycles. The Kier molecular flexibility index (Phi) is 5.79. The van der Waals surface area contributed by atoms with Crippen molar-refractivity contribution in [1.29, 1.82) is 0 Å². The maximum absolute atomic E-state index is 12.8. The van der Waals surface area contributed by atoms with Crippen LogP contribution in [0.3, 0.4) is 0 Å². The third-order valence-corrected chi connectivity index (χ3v) is 8.22. The second-order valence-corrected chi connectivity index (χ2v) is 10.7. The molecule has 2 heterocycles. The predicted molar refractivity (Wildman–Crippen MR) is 115 cm³/mol. The minimum atomic E-state index is -3.58. The van der Waals surface area contributed by atoms with E-state index in [0.717, 1.165) is 37.9 Å². The van der Waals surface area contributed by atoms with E-state index < -0.39 is 10.0 Å². The van der Waals surface area contributed by atoms with Crippen LogP contribution in [0.2, 0.25) is 0 Å². The number of hydrogen-bond acceptors (Lipinski definition) is 5. The number of nitrogens with zero attached hydrogens (tertiary/aromatic N) is 1. The number of rotatable bonds is 7. The van der Waals surface area contributed by atoms with Crippen LogP contribution in [0.25, 0.3) is 0 Å². The maximum atomic E-state index is 12.8. The molecule has 29 heavy (non-hydrogen) atoms. The number of benzene rings is 1. The minimum absolute atomic E-state index is 0.0349. The van der Waals surface area contributed by atoms with Crippen LogP contribution in [0.15, 0.2) is 34.5 Å². The quantitative estimate of drug-likeness (QED) is 0.704. The van der Waals surface area contributed by atoms with Crippen molar-refractivity contribution in [2.45, 2.75) is 56.6 Å². The first-order chi connectivity index (χ1) is 13.8. The molecular formula is C21H27N3O3S2. The summed E-state index contributed by atoms with van der Waals surface area (Å²) in [6, 6.07) is 7.17. The lowest BCUT2D eigenvalue weighted by Crippen LogP contribution is -2.44. The molecule has 0 saturated heterocycles. The largest absolute Gasteiger partial charge is 0.350 e. The zero-order valence-corrected chi connectivity index (χ0v) is 18.4. The van der Waals surface area contributed by atoms with Gasteiger partial charge in [0.25, 0.3) is 5.91 Å². The van der Waals surface area contributed by atoms with Gasteiger partial charge in [0.2, 0.25) is 10.0 Å². The van der Waals surface area contributed by atoms with Gasteiger partial charge < -0.3 is 5.32 Å².